The summed E-state index contributed by atoms with van der Waals surface area (Å²) in [7, 11) is 0. The quantitative estimate of drug-likeness (QED) is 0.575. The Balaban J connectivity index is 4.59. The van der Waals surface area contributed by atoms with Crippen molar-refractivity contribution in [3.05, 3.63) is 23.8 Å². The average molecular weight is 224 g/mol. The largest absolute Gasteiger partial charge is 0.382 e. The monoisotopic (exact) mass is 224 g/mol. The Hall–Kier alpha value is -0.890. The molecule has 16 heavy (non-hydrogen) atoms. The lowest BCUT2D eigenvalue weighted by molar-refractivity contribution is -0.134. The topological polar surface area (TPSA) is 37.3 Å². The maximum absolute atomic E-state index is 11.7. The summed E-state index contributed by atoms with van der Waals surface area (Å²) in [5.74, 6) is 0.153. The number of hydrogen-bond donors (Lipinski definition) is 1. The number of carbonyl (C=O) groups is 1. The van der Waals surface area contributed by atoms with Crippen LogP contribution in [0.4, 0.5) is 0 Å². The smallest absolute Gasteiger partial charge is 0.187 e. The molecule has 0 saturated heterocycles. The number of allylic oxidation sites excluding steroid dienone is 3. The van der Waals surface area contributed by atoms with Gasteiger partial charge in [0.1, 0.15) is 5.60 Å². The van der Waals surface area contributed by atoms with Crippen LogP contribution in [-0.4, -0.2) is 16.5 Å². The third-order valence-corrected chi connectivity index (χ3v) is 3.14. The lowest BCUT2D eigenvalue weighted by Gasteiger charge is -2.24. The standard InChI is InChI=1S/C14H24O2/c1-10(2)12(5)8-7-9-13(15)14(6,16)11(3)4/h7-11,16H,1-6H3/b9-7-,12-8+. The SMILES string of the molecule is C/C(=C\C=C/C(=O)C(C)(O)C(C)C)C(C)C. The molecule has 0 amide bonds. The van der Waals surface area contributed by atoms with E-state index >= 15 is 0 Å². The minimum Gasteiger partial charge on any atom is -0.382 e. The van der Waals surface area contributed by atoms with Crippen LogP contribution in [0.25, 0.3) is 0 Å². The van der Waals surface area contributed by atoms with E-state index in [1.165, 1.54) is 11.6 Å². The second kappa shape index (κ2) is 6.00. The Labute approximate surface area is 99.1 Å². The molecule has 2 heteroatoms. The van der Waals surface area contributed by atoms with Crippen LogP contribution in [0.3, 0.4) is 0 Å². The highest BCUT2D eigenvalue weighted by molar-refractivity contribution is 5.96. The summed E-state index contributed by atoms with van der Waals surface area (Å²) in [6.45, 7) is 11.5. The first-order valence-corrected chi connectivity index (χ1v) is 5.81. The molecule has 0 rings (SSSR count). The third-order valence-electron chi connectivity index (χ3n) is 3.14. The Morgan fingerprint density at radius 2 is 1.75 bits per heavy atom. The van der Waals surface area contributed by atoms with Crippen molar-refractivity contribution < 1.29 is 9.90 Å². The van der Waals surface area contributed by atoms with Crippen LogP contribution in [0.5, 0.6) is 0 Å². The molecule has 0 aromatic rings. The Kier molecular flexibility index (Phi) is 5.66. The zero-order chi connectivity index (χ0) is 12.9. The summed E-state index contributed by atoms with van der Waals surface area (Å²) in [5, 5.41) is 9.91. The van der Waals surface area contributed by atoms with Gasteiger partial charge in [-0.3, -0.25) is 4.79 Å². The zero-order valence-electron chi connectivity index (χ0n) is 11.2. The molecule has 0 aliphatic rings. The lowest BCUT2D eigenvalue weighted by Crippen LogP contribution is -2.39. The second-order valence-corrected chi connectivity index (χ2v) is 5.09. The molecule has 1 N–H and O–H groups in total. The number of rotatable bonds is 5. The fraction of sp³-hybridized carbons (Fsp3) is 0.643. The van der Waals surface area contributed by atoms with E-state index in [1.807, 2.05) is 26.8 Å². The van der Waals surface area contributed by atoms with Crippen LogP contribution >= 0.6 is 0 Å². The second-order valence-electron chi connectivity index (χ2n) is 5.09. The summed E-state index contributed by atoms with van der Waals surface area (Å²) < 4.78 is 0. The normalized spacial score (nSPS) is 17.2. The van der Waals surface area contributed by atoms with Crippen molar-refractivity contribution in [1.29, 1.82) is 0 Å². The van der Waals surface area contributed by atoms with Gasteiger partial charge in [-0.2, -0.15) is 0 Å². The van der Waals surface area contributed by atoms with Crippen LogP contribution in [0, 0.1) is 11.8 Å². The van der Waals surface area contributed by atoms with E-state index in [9.17, 15) is 9.90 Å². The Morgan fingerprint density at radius 1 is 1.25 bits per heavy atom. The van der Waals surface area contributed by atoms with Crippen LogP contribution in [0.1, 0.15) is 41.5 Å². The molecular formula is C14H24O2. The van der Waals surface area contributed by atoms with Crippen molar-refractivity contribution >= 4 is 5.78 Å². The van der Waals surface area contributed by atoms with E-state index in [0.29, 0.717) is 5.92 Å². The first kappa shape index (κ1) is 15.1. The van der Waals surface area contributed by atoms with E-state index in [0.717, 1.165) is 0 Å². The van der Waals surface area contributed by atoms with Gasteiger partial charge < -0.3 is 5.11 Å². The minimum absolute atomic E-state index is 0.0835. The molecule has 0 bridgehead atoms. The van der Waals surface area contributed by atoms with Crippen molar-refractivity contribution in [2.75, 3.05) is 0 Å². The van der Waals surface area contributed by atoms with Crippen molar-refractivity contribution in [2.24, 2.45) is 11.8 Å². The van der Waals surface area contributed by atoms with Gasteiger partial charge in [-0.15, -0.1) is 0 Å². The molecule has 1 atom stereocenters. The Bertz CT molecular complexity index is 294. The van der Waals surface area contributed by atoms with Crippen molar-refractivity contribution in [1.82, 2.24) is 0 Å². The van der Waals surface area contributed by atoms with Crippen molar-refractivity contribution in [2.45, 2.75) is 47.1 Å². The average Bonchev–Trinajstić information content (AvgIpc) is 2.16. The van der Waals surface area contributed by atoms with Gasteiger partial charge >= 0.3 is 0 Å². The summed E-state index contributed by atoms with van der Waals surface area (Å²) in [6.07, 6.45) is 5.08. The Morgan fingerprint density at radius 3 is 2.12 bits per heavy atom. The molecule has 0 saturated carbocycles. The fourth-order valence-electron chi connectivity index (χ4n) is 0.933. The number of carbonyl (C=O) groups excluding carboxylic acids is 1. The molecule has 0 aliphatic carbocycles. The van der Waals surface area contributed by atoms with Gasteiger partial charge in [0.15, 0.2) is 5.78 Å². The molecule has 0 spiro atoms. The summed E-state index contributed by atoms with van der Waals surface area (Å²) in [6, 6.07) is 0. The highest BCUT2D eigenvalue weighted by Crippen LogP contribution is 2.17. The van der Waals surface area contributed by atoms with Crippen LogP contribution < -0.4 is 0 Å². The van der Waals surface area contributed by atoms with Gasteiger partial charge in [0.25, 0.3) is 0 Å². The van der Waals surface area contributed by atoms with Gasteiger partial charge in [-0.1, -0.05) is 45.4 Å². The predicted molar refractivity (Wildman–Crippen MR) is 68.2 cm³/mol. The lowest BCUT2D eigenvalue weighted by atomic mass is 9.88. The maximum Gasteiger partial charge on any atom is 0.187 e. The number of aliphatic hydroxyl groups is 1. The van der Waals surface area contributed by atoms with Gasteiger partial charge in [0.2, 0.25) is 0 Å². The summed E-state index contributed by atoms with van der Waals surface area (Å²) in [5.41, 5.74) is -0.0518. The minimum atomic E-state index is -1.27. The molecule has 0 aliphatic heterocycles. The van der Waals surface area contributed by atoms with E-state index in [-0.39, 0.29) is 11.7 Å². The fourth-order valence-corrected chi connectivity index (χ4v) is 0.933. The van der Waals surface area contributed by atoms with Crippen LogP contribution in [-0.2, 0) is 4.79 Å². The van der Waals surface area contributed by atoms with E-state index in [1.54, 1.807) is 13.0 Å². The van der Waals surface area contributed by atoms with E-state index in [4.69, 9.17) is 0 Å². The van der Waals surface area contributed by atoms with Crippen LogP contribution in [0.15, 0.2) is 23.8 Å². The molecule has 0 heterocycles. The summed E-state index contributed by atoms with van der Waals surface area (Å²) >= 11 is 0. The first-order chi connectivity index (χ1) is 7.19. The molecule has 0 aromatic heterocycles. The molecule has 0 radical (unpaired) electrons. The van der Waals surface area contributed by atoms with Crippen molar-refractivity contribution in [3.63, 3.8) is 0 Å². The van der Waals surface area contributed by atoms with Gasteiger partial charge in [0, 0.05) is 0 Å². The zero-order valence-corrected chi connectivity index (χ0v) is 11.2. The molecular weight excluding hydrogens is 200 g/mol. The van der Waals surface area contributed by atoms with Crippen molar-refractivity contribution in [3.8, 4) is 0 Å². The van der Waals surface area contributed by atoms with Gasteiger partial charge in [-0.05, 0) is 31.8 Å². The highest BCUT2D eigenvalue weighted by atomic mass is 16.3. The molecule has 0 aromatic carbocycles. The third kappa shape index (κ3) is 4.31. The van der Waals surface area contributed by atoms with E-state index < -0.39 is 5.60 Å². The van der Waals surface area contributed by atoms with Gasteiger partial charge in [-0.25, -0.2) is 0 Å². The maximum atomic E-state index is 11.7. The van der Waals surface area contributed by atoms with Crippen LogP contribution in [0.2, 0.25) is 0 Å². The van der Waals surface area contributed by atoms with Gasteiger partial charge in [0.05, 0.1) is 0 Å². The molecule has 92 valence electrons. The summed E-state index contributed by atoms with van der Waals surface area (Å²) in [4.78, 5) is 11.7. The number of ketones is 1. The predicted octanol–water partition coefficient (Wildman–Crippen LogP) is 3.12. The first-order valence-electron chi connectivity index (χ1n) is 5.81. The molecule has 0 fully saturated rings. The molecule has 1 unspecified atom stereocenters. The number of hydrogen-bond acceptors (Lipinski definition) is 2. The highest BCUT2D eigenvalue weighted by Gasteiger charge is 2.31. The van der Waals surface area contributed by atoms with E-state index in [2.05, 4.69) is 13.8 Å². The molecule has 2 nitrogen and oxygen atoms in total.